The van der Waals surface area contributed by atoms with E-state index in [4.69, 9.17) is 5.11 Å². The second-order valence-corrected chi connectivity index (χ2v) is 5.58. The van der Waals surface area contributed by atoms with Crippen molar-refractivity contribution in [2.45, 2.75) is 12.8 Å². The highest BCUT2D eigenvalue weighted by Gasteiger charge is 2.11. The van der Waals surface area contributed by atoms with Crippen molar-refractivity contribution in [2.75, 3.05) is 0 Å². The smallest absolute Gasteiger partial charge is 0.307 e. The molecule has 4 heteroatoms. The summed E-state index contributed by atoms with van der Waals surface area (Å²) in [5, 5.41) is 19.4. The summed E-state index contributed by atoms with van der Waals surface area (Å²) in [4.78, 5) is 15.0. The summed E-state index contributed by atoms with van der Waals surface area (Å²) in [7, 11) is 0. The van der Waals surface area contributed by atoms with Crippen molar-refractivity contribution >= 4 is 5.97 Å². The van der Waals surface area contributed by atoms with Gasteiger partial charge in [-0.15, -0.1) is 0 Å². The normalized spacial score (nSPS) is 10.5. The Morgan fingerprint density at radius 3 is 2.29 bits per heavy atom. The average Bonchev–Trinajstić information content (AvgIpc) is 2.58. The number of benzene rings is 2. The van der Waals surface area contributed by atoms with Gasteiger partial charge in [0.1, 0.15) is 5.75 Å². The van der Waals surface area contributed by atoms with E-state index in [0.717, 1.165) is 16.7 Å². The van der Waals surface area contributed by atoms with Crippen LogP contribution >= 0.6 is 0 Å². The topological polar surface area (TPSA) is 70.4 Å². The molecule has 0 saturated heterocycles. The van der Waals surface area contributed by atoms with Crippen molar-refractivity contribution in [1.29, 1.82) is 0 Å². The van der Waals surface area contributed by atoms with Crippen LogP contribution in [0.5, 0.6) is 5.75 Å². The third-order valence-corrected chi connectivity index (χ3v) is 3.83. The van der Waals surface area contributed by atoms with Crippen LogP contribution in [0.4, 0.5) is 0 Å². The summed E-state index contributed by atoms with van der Waals surface area (Å²) in [5.74, 6) is -0.702. The maximum absolute atomic E-state index is 10.7. The molecule has 2 aromatic carbocycles. The molecule has 0 unspecified atom stereocenters. The van der Waals surface area contributed by atoms with Crippen molar-refractivity contribution in [3.8, 4) is 16.9 Å². The number of carbonyl (C=O) groups is 1. The SMILES string of the molecule is O=C(O)Cc1ccc(-c2ccnc(Cc3ccccc3)c2O)cc1. The maximum Gasteiger partial charge on any atom is 0.307 e. The minimum Gasteiger partial charge on any atom is -0.505 e. The molecule has 24 heavy (non-hydrogen) atoms. The first-order valence-corrected chi connectivity index (χ1v) is 7.65. The highest BCUT2D eigenvalue weighted by Crippen LogP contribution is 2.32. The van der Waals surface area contributed by atoms with E-state index in [-0.39, 0.29) is 12.2 Å². The van der Waals surface area contributed by atoms with Gasteiger partial charge in [0.15, 0.2) is 0 Å². The summed E-state index contributed by atoms with van der Waals surface area (Å²) >= 11 is 0. The van der Waals surface area contributed by atoms with Crippen molar-refractivity contribution in [3.63, 3.8) is 0 Å². The predicted octanol–water partition coefficient (Wildman–Crippen LogP) is 3.67. The van der Waals surface area contributed by atoms with E-state index in [9.17, 15) is 9.90 Å². The number of aromatic hydroxyl groups is 1. The summed E-state index contributed by atoms with van der Waals surface area (Å²) in [6, 6.07) is 18.8. The highest BCUT2D eigenvalue weighted by atomic mass is 16.4. The van der Waals surface area contributed by atoms with Crippen LogP contribution < -0.4 is 0 Å². The van der Waals surface area contributed by atoms with E-state index < -0.39 is 5.97 Å². The Kier molecular flexibility index (Phi) is 4.57. The van der Waals surface area contributed by atoms with Gasteiger partial charge in [-0.25, -0.2) is 0 Å². The lowest BCUT2D eigenvalue weighted by atomic mass is 10.00. The van der Waals surface area contributed by atoms with Crippen LogP contribution in [0.15, 0.2) is 66.9 Å². The molecule has 0 spiro atoms. The lowest BCUT2D eigenvalue weighted by Crippen LogP contribution is -1.99. The van der Waals surface area contributed by atoms with Crippen molar-refractivity contribution in [1.82, 2.24) is 4.98 Å². The standard InChI is InChI=1S/C20H17NO3/c22-19(23)13-15-6-8-16(9-7-15)17-10-11-21-18(20(17)24)12-14-4-2-1-3-5-14/h1-11,24H,12-13H2,(H,22,23). The Morgan fingerprint density at radius 2 is 1.62 bits per heavy atom. The van der Waals surface area contributed by atoms with Crippen molar-refractivity contribution in [3.05, 3.63) is 83.7 Å². The van der Waals surface area contributed by atoms with Crippen LogP contribution in [0, 0.1) is 0 Å². The first kappa shape index (κ1) is 15.7. The second-order valence-electron chi connectivity index (χ2n) is 5.58. The minimum absolute atomic E-state index is 0.0120. The number of aromatic nitrogens is 1. The molecule has 0 atom stereocenters. The zero-order chi connectivity index (χ0) is 16.9. The first-order valence-electron chi connectivity index (χ1n) is 7.65. The van der Waals surface area contributed by atoms with E-state index >= 15 is 0 Å². The number of carboxylic acid groups (broad SMARTS) is 1. The highest BCUT2D eigenvalue weighted by molar-refractivity contribution is 5.73. The molecule has 0 aliphatic rings. The van der Waals surface area contributed by atoms with E-state index in [1.54, 1.807) is 24.4 Å². The van der Waals surface area contributed by atoms with E-state index in [0.29, 0.717) is 17.7 Å². The van der Waals surface area contributed by atoms with Crippen LogP contribution in [-0.4, -0.2) is 21.2 Å². The second kappa shape index (κ2) is 6.96. The molecule has 0 radical (unpaired) electrons. The van der Waals surface area contributed by atoms with Gasteiger partial charge in [-0.2, -0.15) is 0 Å². The van der Waals surface area contributed by atoms with Crippen LogP contribution in [0.25, 0.3) is 11.1 Å². The molecule has 3 rings (SSSR count). The summed E-state index contributed by atoms with van der Waals surface area (Å²) in [5.41, 5.74) is 3.95. The average molecular weight is 319 g/mol. The number of carboxylic acids is 1. The van der Waals surface area contributed by atoms with Crippen LogP contribution in [-0.2, 0) is 17.6 Å². The largest absolute Gasteiger partial charge is 0.505 e. The number of hydrogen-bond donors (Lipinski definition) is 2. The third-order valence-electron chi connectivity index (χ3n) is 3.83. The number of aliphatic carboxylic acids is 1. The lowest BCUT2D eigenvalue weighted by Gasteiger charge is -2.10. The monoisotopic (exact) mass is 319 g/mol. The number of nitrogens with zero attached hydrogens (tertiary/aromatic N) is 1. The number of hydrogen-bond acceptors (Lipinski definition) is 3. The predicted molar refractivity (Wildman–Crippen MR) is 91.9 cm³/mol. The fourth-order valence-electron chi connectivity index (χ4n) is 2.63. The Hall–Kier alpha value is -3.14. The van der Waals surface area contributed by atoms with Gasteiger partial charge in [-0.1, -0.05) is 54.6 Å². The zero-order valence-electron chi connectivity index (χ0n) is 13.0. The fraction of sp³-hybridized carbons (Fsp3) is 0.100. The van der Waals surface area contributed by atoms with Crippen molar-refractivity contribution in [2.24, 2.45) is 0 Å². The van der Waals surface area contributed by atoms with Crippen LogP contribution in [0.3, 0.4) is 0 Å². The van der Waals surface area contributed by atoms with Gasteiger partial charge in [0.2, 0.25) is 0 Å². The molecule has 4 nitrogen and oxygen atoms in total. The molecular weight excluding hydrogens is 302 g/mol. The fourth-order valence-corrected chi connectivity index (χ4v) is 2.63. The summed E-state index contributed by atoms with van der Waals surface area (Å²) in [6.45, 7) is 0. The van der Waals surface area contributed by atoms with E-state index in [1.165, 1.54) is 0 Å². The Morgan fingerprint density at radius 1 is 0.917 bits per heavy atom. The van der Waals surface area contributed by atoms with Crippen LogP contribution in [0.2, 0.25) is 0 Å². The minimum atomic E-state index is -0.861. The van der Waals surface area contributed by atoms with Gasteiger partial charge in [-0.3, -0.25) is 9.78 Å². The number of pyridine rings is 1. The lowest BCUT2D eigenvalue weighted by molar-refractivity contribution is -0.136. The Labute approximate surface area is 140 Å². The molecule has 0 fully saturated rings. The van der Waals surface area contributed by atoms with Crippen LogP contribution in [0.1, 0.15) is 16.8 Å². The third kappa shape index (κ3) is 3.60. The first-order chi connectivity index (χ1) is 11.6. The van der Waals surface area contributed by atoms with E-state index in [2.05, 4.69) is 4.98 Å². The van der Waals surface area contributed by atoms with Gasteiger partial charge in [0, 0.05) is 18.2 Å². The molecule has 120 valence electrons. The Balaban J connectivity index is 1.89. The molecule has 0 saturated carbocycles. The van der Waals surface area contributed by atoms with E-state index in [1.807, 2.05) is 42.5 Å². The molecule has 0 amide bonds. The molecule has 0 bridgehead atoms. The molecule has 3 aromatic rings. The molecule has 1 aromatic heterocycles. The Bertz CT molecular complexity index is 843. The molecule has 2 N–H and O–H groups in total. The molecule has 0 aliphatic heterocycles. The molecule has 1 heterocycles. The molecular formula is C20H17NO3. The summed E-state index contributed by atoms with van der Waals surface area (Å²) in [6.07, 6.45) is 2.22. The quantitative estimate of drug-likeness (QED) is 0.753. The summed E-state index contributed by atoms with van der Waals surface area (Å²) < 4.78 is 0. The van der Waals surface area contributed by atoms with Gasteiger partial charge < -0.3 is 10.2 Å². The number of rotatable bonds is 5. The van der Waals surface area contributed by atoms with Gasteiger partial charge in [0.25, 0.3) is 0 Å². The van der Waals surface area contributed by atoms with Gasteiger partial charge >= 0.3 is 5.97 Å². The maximum atomic E-state index is 10.7. The molecule has 0 aliphatic carbocycles. The van der Waals surface area contributed by atoms with Gasteiger partial charge in [0.05, 0.1) is 12.1 Å². The van der Waals surface area contributed by atoms with Gasteiger partial charge in [-0.05, 0) is 22.8 Å². The zero-order valence-corrected chi connectivity index (χ0v) is 13.0. The van der Waals surface area contributed by atoms with Crippen molar-refractivity contribution < 1.29 is 15.0 Å².